The number of phosphoric acid groups is 1. The predicted octanol–water partition coefficient (Wildman–Crippen LogP) is -1.14. The standard InChI is InChI=1S/C28H54NO9P.2Na/c1-3-4-5-6-7-11-15-18-21-28(32)38-26(24-37-39(33,34)35)23-36-27(31)20-17-14-12-9-8-10-13-16-19-22-29-25(2)30;;/h26H,3-24H2,1-2H3,(H,29,30)(H2,33,34,35);;/q;2*+1/p-2/t26-;;/m1../s1. The van der Waals surface area contributed by atoms with Crippen molar-refractivity contribution in [1.82, 2.24) is 5.32 Å². The molecule has 0 saturated carbocycles. The van der Waals surface area contributed by atoms with Gasteiger partial charge in [0, 0.05) is 26.3 Å². The normalized spacial score (nSPS) is 11.6. The number of esters is 2. The third-order valence-electron chi connectivity index (χ3n) is 6.31. The van der Waals surface area contributed by atoms with E-state index in [0.29, 0.717) is 12.8 Å². The Labute approximate surface area is 292 Å². The fourth-order valence-electron chi connectivity index (χ4n) is 4.09. The van der Waals surface area contributed by atoms with E-state index >= 15 is 0 Å². The van der Waals surface area contributed by atoms with Crippen molar-refractivity contribution in [3.63, 3.8) is 0 Å². The number of amides is 1. The van der Waals surface area contributed by atoms with Gasteiger partial charge in [0.25, 0.3) is 0 Å². The van der Waals surface area contributed by atoms with E-state index in [1.807, 2.05) is 0 Å². The smallest absolute Gasteiger partial charge is 0.790 e. The molecule has 0 aliphatic rings. The van der Waals surface area contributed by atoms with Crippen molar-refractivity contribution in [2.24, 2.45) is 0 Å². The largest absolute Gasteiger partial charge is 1.00 e. The van der Waals surface area contributed by atoms with Crippen molar-refractivity contribution < 1.29 is 102 Å². The quantitative estimate of drug-likeness (QED) is 0.0518. The van der Waals surface area contributed by atoms with Gasteiger partial charge in [-0.05, 0) is 19.3 Å². The number of carbonyl (C=O) groups is 3. The van der Waals surface area contributed by atoms with Crippen molar-refractivity contribution in [1.29, 1.82) is 0 Å². The van der Waals surface area contributed by atoms with Crippen LogP contribution in [0.5, 0.6) is 0 Å². The van der Waals surface area contributed by atoms with Crippen LogP contribution < -0.4 is 74.2 Å². The Bertz CT molecular complexity index is 695. The van der Waals surface area contributed by atoms with E-state index in [2.05, 4.69) is 16.8 Å². The SMILES string of the molecule is CCCCCCCCCCC(=O)O[C@H](COC(=O)CCCCCCCCCCCNC(C)=O)COP(=O)([O-])[O-].[Na+].[Na+]. The fourth-order valence-corrected chi connectivity index (χ4v) is 4.44. The summed E-state index contributed by atoms with van der Waals surface area (Å²) in [6.07, 6.45) is 17.0. The molecule has 13 heteroatoms. The summed E-state index contributed by atoms with van der Waals surface area (Å²) >= 11 is 0. The van der Waals surface area contributed by atoms with Gasteiger partial charge in [0.05, 0.1) is 14.4 Å². The van der Waals surface area contributed by atoms with E-state index in [1.54, 1.807) is 0 Å². The first-order chi connectivity index (χ1) is 18.6. The van der Waals surface area contributed by atoms with E-state index in [0.717, 1.165) is 77.2 Å². The molecular weight excluding hydrogens is 571 g/mol. The van der Waals surface area contributed by atoms with E-state index in [4.69, 9.17) is 9.47 Å². The van der Waals surface area contributed by atoms with Crippen LogP contribution in [0.25, 0.3) is 0 Å². The van der Waals surface area contributed by atoms with Crippen LogP contribution in [-0.2, 0) is 32.9 Å². The van der Waals surface area contributed by atoms with Gasteiger partial charge in [0.2, 0.25) is 5.91 Å². The molecule has 10 nitrogen and oxygen atoms in total. The average Bonchev–Trinajstić information content (AvgIpc) is 2.87. The first-order valence-electron chi connectivity index (χ1n) is 14.9. The molecular formula is C28H52NNa2O9P. The Kier molecular flexibility index (Phi) is 35.8. The Morgan fingerprint density at radius 3 is 1.59 bits per heavy atom. The summed E-state index contributed by atoms with van der Waals surface area (Å²) in [5.41, 5.74) is 0. The maximum atomic E-state index is 12.1. The summed E-state index contributed by atoms with van der Waals surface area (Å²) in [6, 6.07) is 0. The predicted molar refractivity (Wildman–Crippen MR) is 146 cm³/mol. The molecule has 1 amide bonds. The third-order valence-corrected chi connectivity index (χ3v) is 6.78. The second-order valence-corrected chi connectivity index (χ2v) is 11.3. The Morgan fingerprint density at radius 2 is 1.12 bits per heavy atom. The van der Waals surface area contributed by atoms with Gasteiger partial charge in [-0.15, -0.1) is 0 Å². The number of ether oxygens (including phenoxy) is 2. The van der Waals surface area contributed by atoms with Crippen LogP contribution >= 0.6 is 7.82 Å². The van der Waals surface area contributed by atoms with Crippen LogP contribution in [0, 0.1) is 0 Å². The van der Waals surface area contributed by atoms with Crippen molar-refractivity contribution in [3.8, 4) is 0 Å². The molecule has 0 fully saturated rings. The topological polar surface area (TPSA) is 154 Å². The van der Waals surface area contributed by atoms with Gasteiger partial charge < -0.3 is 33.7 Å². The zero-order valence-corrected chi connectivity index (χ0v) is 31.1. The summed E-state index contributed by atoms with van der Waals surface area (Å²) in [7, 11) is -5.24. The number of carbonyl (C=O) groups excluding carboxylic acids is 3. The van der Waals surface area contributed by atoms with Gasteiger partial charge in [-0.1, -0.05) is 96.8 Å². The zero-order chi connectivity index (χ0) is 29.2. The van der Waals surface area contributed by atoms with Crippen LogP contribution in [0.1, 0.15) is 136 Å². The molecule has 0 bridgehead atoms. The van der Waals surface area contributed by atoms with Crippen LogP contribution in [-0.4, -0.2) is 43.7 Å². The molecule has 41 heavy (non-hydrogen) atoms. The van der Waals surface area contributed by atoms with E-state index in [9.17, 15) is 28.7 Å². The molecule has 0 aromatic rings. The summed E-state index contributed by atoms with van der Waals surface area (Å²) in [6.45, 7) is 3.40. The molecule has 0 aliphatic carbocycles. The molecule has 0 rings (SSSR count). The molecule has 1 N–H and O–H groups in total. The van der Waals surface area contributed by atoms with Gasteiger partial charge in [-0.2, -0.15) is 0 Å². The maximum absolute atomic E-state index is 12.1. The minimum absolute atomic E-state index is 0. The van der Waals surface area contributed by atoms with Crippen LogP contribution in [0.2, 0.25) is 0 Å². The van der Waals surface area contributed by atoms with Gasteiger partial charge >= 0.3 is 71.1 Å². The first kappa shape index (κ1) is 45.9. The molecule has 0 heterocycles. The molecule has 0 aromatic heterocycles. The van der Waals surface area contributed by atoms with Crippen molar-refractivity contribution >= 4 is 25.7 Å². The minimum atomic E-state index is -5.24. The minimum Gasteiger partial charge on any atom is -0.790 e. The van der Waals surface area contributed by atoms with E-state index in [-0.39, 0.29) is 84.5 Å². The van der Waals surface area contributed by atoms with E-state index < -0.39 is 32.5 Å². The molecule has 230 valence electrons. The number of phosphoric ester groups is 1. The summed E-state index contributed by atoms with van der Waals surface area (Å²) < 4.78 is 25.5. The summed E-state index contributed by atoms with van der Waals surface area (Å²) in [5, 5.41) is 2.79. The monoisotopic (exact) mass is 623 g/mol. The van der Waals surface area contributed by atoms with Gasteiger partial charge in [0.15, 0.2) is 6.10 Å². The first-order valence-corrected chi connectivity index (χ1v) is 16.4. The van der Waals surface area contributed by atoms with E-state index in [1.165, 1.54) is 32.6 Å². The van der Waals surface area contributed by atoms with Crippen LogP contribution in [0.4, 0.5) is 0 Å². The molecule has 0 radical (unpaired) electrons. The summed E-state index contributed by atoms with van der Waals surface area (Å²) in [4.78, 5) is 56.7. The molecule has 0 aliphatic heterocycles. The molecule has 0 unspecified atom stereocenters. The van der Waals surface area contributed by atoms with Gasteiger partial charge in [-0.3, -0.25) is 14.4 Å². The molecule has 0 spiro atoms. The van der Waals surface area contributed by atoms with Crippen LogP contribution in [0.3, 0.4) is 0 Å². The Balaban J connectivity index is -0.00000722. The fraction of sp³-hybridized carbons (Fsp3) is 0.893. The maximum Gasteiger partial charge on any atom is 1.00 e. The Morgan fingerprint density at radius 1 is 0.683 bits per heavy atom. The molecule has 0 saturated heterocycles. The van der Waals surface area contributed by atoms with Crippen molar-refractivity contribution in [2.45, 2.75) is 142 Å². The zero-order valence-electron chi connectivity index (χ0n) is 26.3. The second-order valence-electron chi connectivity index (χ2n) is 10.2. The number of nitrogens with one attached hydrogen (secondary N) is 1. The van der Waals surface area contributed by atoms with Gasteiger partial charge in [-0.25, -0.2) is 0 Å². The van der Waals surface area contributed by atoms with Crippen molar-refractivity contribution in [3.05, 3.63) is 0 Å². The molecule has 1 atom stereocenters. The number of hydrogen-bond acceptors (Lipinski definition) is 9. The molecule has 0 aromatic carbocycles. The summed E-state index contributed by atoms with van der Waals surface area (Å²) in [5.74, 6) is -0.994. The van der Waals surface area contributed by atoms with Crippen molar-refractivity contribution in [2.75, 3.05) is 19.8 Å². The van der Waals surface area contributed by atoms with Gasteiger partial charge in [0.1, 0.15) is 6.61 Å². The number of rotatable bonds is 27. The Hall–Kier alpha value is 0.520. The number of hydrogen-bond donors (Lipinski definition) is 1. The average molecular weight is 624 g/mol. The third kappa shape index (κ3) is 36.6. The number of unbranched alkanes of at least 4 members (excludes halogenated alkanes) is 15. The van der Waals surface area contributed by atoms with Crippen LogP contribution in [0.15, 0.2) is 0 Å². The second kappa shape index (κ2) is 31.9.